The van der Waals surface area contributed by atoms with E-state index in [1.807, 2.05) is 0 Å². The maximum absolute atomic E-state index is 12.9. The second-order valence-electron chi connectivity index (χ2n) is 7.13. The van der Waals surface area contributed by atoms with E-state index in [0.717, 1.165) is 25.9 Å². The topological polar surface area (TPSA) is 78.2 Å². The SMILES string of the molecule is COc1ccc(Oc2c(C)oc3cc(OCC(=O)N4CCCC4)ccc3c2=O)cc1. The molecule has 0 aliphatic carbocycles. The fourth-order valence-electron chi connectivity index (χ4n) is 3.44. The number of amides is 1. The summed E-state index contributed by atoms with van der Waals surface area (Å²) < 4.78 is 22.3. The van der Waals surface area contributed by atoms with Crippen LogP contribution in [0.4, 0.5) is 0 Å². The van der Waals surface area contributed by atoms with E-state index in [1.165, 1.54) is 0 Å². The van der Waals surface area contributed by atoms with Crippen LogP contribution in [0.2, 0.25) is 0 Å². The van der Waals surface area contributed by atoms with Gasteiger partial charge >= 0.3 is 0 Å². The molecule has 7 heteroatoms. The molecule has 2 aromatic carbocycles. The number of rotatable bonds is 6. The van der Waals surface area contributed by atoms with Crippen molar-refractivity contribution < 1.29 is 23.4 Å². The Labute approximate surface area is 173 Å². The average molecular weight is 409 g/mol. The van der Waals surface area contributed by atoms with Gasteiger partial charge in [0.2, 0.25) is 11.2 Å². The van der Waals surface area contributed by atoms with Gasteiger partial charge in [-0.2, -0.15) is 0 Å². The minimum atomic E-state index is -0.274. The number of hydrogen-bond acceptors (Lipinski definition) is 6. The monoisotopic (exact) mass is 409 g/mol. The summed E-state index contributed by atoms with van der Waals surface area (Å²) in [5.41, 5.74) is 0.106. The summed E-state index contributed by atoms with van der Waals surface area (Å²) in [5.74, 6) is 2.13. The van der Waals surface area contributed by atoms with Gasteiger partial charge in [0.15, 0.2) is 6.61 Å². The molecule has 30 heavy (non-hydrogen) atoms. The van der Waals surface area contributed by atoms with E-state index in [2.05, 4.69) is 0 Å². The zero-order valence-electron chi connectivity index (χ0n) is 17.0. The minimum absolute atomic E-state index is 0.0338. The summed E-state index contributed by atoms with van der Waals surface area (Å²) in [6, 6.07) is 11.8. The smallest absolute Gasteiger partial charge is 0.260 e. The van der Waals surface area contributed by atoms with Crippen molar-refractivity contribution in [2.45, 2.75) is 19.8 Å². The van der Waals surface area contributed by atoms with Crippen molar-refractivity contribution in [3.05, 3.63) is 58.4 Å². The number of benzene rings is 2. The number of fused-ring (bicyclic) bond motifs is 1. The molecule has 0 spiro atoms. The van der Waals surface area contributed by atoms with Gasteiger partial charge in [-0.1, -0.05) is 0 Å². The van der Waals surface area contributed by atoms with Gasteiger partial charge < -0.3 is 23.5 Å². The number of carbonyl (C=O) groups is 1. The molecule has 1 fully saturated rings. The maximum atomic E-state index is 12.9. The summed E-state index contributed by atoms with van der Waals surface area (Å²) in [6.45, 7) is 3.20. The van der Waals surface area contributed by atoms with Gasteiger partial charge in [-0.3, -0.25) is 9.59 Å². The molecule has 1 amide bonds. The molecule has 1 aromatic heterocycles. The van der Waals surface area contributed by atoms with E-state index in [1.54, 1.807) is 61.4 Å². The number of nitrogens with zero attached hydrogens (tertiary/aromatic N) is 1. The molecule has 156 valence electrons. The quantitative estimate of drug-likeness (QED) is 0.614. The minimum Gasteiger partial charge on any atom is -0.497 e. The van der Waals surface area contributed by atoms with Gasteiger partial charge in [-0.15, -0.1) is 0 Å². The van der Waals surface area contributed by atoms with Gasteiger partial charge in [0.1, 0.15) is 28.6 Å². The second kappa shape index (κ2) is 8.49. The molecule has 0 saturated carbocycles. The van der Waals surface area contributed by atoms with Gasteiger partial charge in [-0.25, -0.2) is 0 Å². The van der Waals surface area contributed by atoms with Crippen molar-refractivity contribution in [3.63, 3.8) is 0 Å². The lowest BCUT2D eigenvalue weighted by Gasteiger charge is -2.15. The van der Waals surface area contributed by atoms with Gasteiger partial charge in [0.05, 0.1) is 12.5 Å². The van der Waals surface area contributed by atoms with Crippen molar-refractivity contribution in [3.8, 4) is 23.0 Å². The molecule has 1 aliphatic rings. The Bertz CT molecular complexity index is 1110. The lowest BCUT2D eigenvalue weighted by Crippen LogP contribution is -2.32. The molecule has 0 unspecified atom stereocenters. The molecule has 2 heterocycles. The first-order valence-corrected chi connectivity index (χ1v) is 9.85. The van der Waals surface area contributed by atoms with Crippen molar-refractivity contribution in [1.29, 1.82) is 0 Å². The first-order valence-electron chi connectivity index (χ1n) is 9.85. The van der Waals surface area contributed by atoms with E-state index in [4.69, 9.17) is 18.6 Å². The van der Waals surface area contributed by atoms with E-state index < -0.39 is 0 Å². The Morgan fingerprint density at radius 2 is 1.70 bits per heavy atom. The van der Waals surface area contributed by atoms with E-state index in [9.17, 15) is 9.59 Å². The van der Waals surface area contributed by atoms with Crippen LogP contribution in [0.3, 0.4) is 0 Å². The normalized spacial score (nSPS) is 13.5. The molecule has 4 rings (SSSR count). The Hall–Kier alpha value is -3.48. The molecule has 0 bridgehead atoms. The summed E-state index contributed by atoms with van der Waals surface area (Å²) >= 11 is 0. The highest BCUT2D eigenvalue weighted by Crippen LogP contribution is 2.28. The predicted molar refractivity (Wildman–Crippen MR) is 112 cm³/mol. The van der Waals surface area contributed by atoms with Crippen molar-refractivity contribution in [2.75, 3.05) is 26.8 Å². The lowest BCUT2D eigenvalue weighted by atomic mass is 10.2. The summed E-state index contributed by atoms with van der Waals surface area (Å²) in [4.78, 5) is 26.9. The molecule has 0 N–H and O–H groups in total. The molecule has 7 nitrogen and oxygen atoms in total. The zero-order chi connectivity index (χ0) is 21.1. The number of hydrogen-bond donors (Lipinski definition) is 0. The van der Waals surface area contributed by atoms with E-state index >= 15 is 0 Å². The fraction of sp³-hybridized carbons (Fsp3) is 0.304. The van der Waals surface area contributed by atoms with Crippen molar-refractivity contribution in [2.24, 2.45) is 0 Å². The highest BCUT2D eigenvalue weighted by molar-refractivity contribution is 5.80. The van der Waals surface area contributed by atoms with E-state index in [-0.39, 0.29) is 23.7 Å². The first kappa shape index (κ1) is 19.8. The number of ether oxygens (including phenoxy) is 3. The fourth-order valence-corrected chi connectivity index (χ4v) is 3.44. The molecule has 1 aliphatic heterocycles. The second-order valence-corrected chi connectivity index (χ2v) is 7.13. The Morgan fingerprint density at radius 1 is 1.03 bits per heavy atom. The average Bonchev–Trinajstić information content (AvgIpc) is 3.30. The van der Waals surface area contributed by atoms with Crippen LogP contribution in [0, 0.1) is 6.92 Å². The zero-order valence-corrected chi connectivity index (χ0v) is 17.0. The van der Waals surface area contributed by atoms with Crippen LogP contribution in [0.1, 0.15) is 18.6 Å². The molecular formula is C23H23NO6. The van der Waals surface area contributed by atoms with Crippen LogP contribution in [0.5, 0.6) is 23.0 Å². The number of carbonyl (C=O) groups excluding carboxylic acids is 1. The van der Waals surface area contributed by atoms with Crippen LogP contribution in [0.25, 0.3) is 11.0 Å². The highest BCUT2D eigenvalue weighted by atomic mass is 16.5. The van der Waals surface area contributed by atoms with Crippen molar-refractivity contribution >= 4 is 16.9 Å². The number of likely N-dealkylation sites (tertiary alicyclic amines) is 1. The summed E-state index contributed by atoms with van der Waals surface area (Å²) in [7, 11) is 1.58. The van der Waals surface area contributed by atoms with Gasteiger partial charge in [0, 0.05) is 19.2 Å². The molecule has 0 atom stereocenters. The van der Waals surface area contributed by atoms with Crippen LogP contribution in [-0.2, 0) is 4.79 Å². The summed E-state index contributed by atoms with van der Waals surface area (Å²) in [5, 5.41) is 0.377. The maximum Gasteiger partial charge on any atom is 0.260 e. The molecule has 0 radical (unpaired) electrons. The van der Waals surface area contributed by atoms with Gasteiger partial charge in [-0.05, 0) is 56.2 Å². The highest BCUT2D eigenvalue weighted by Gasteiger charge is 2.19. The van der Waals surface area contributed by atoms with Crippen LogP contribution >= 0.6 is 0 Å². The lowest BCUT2D eigenvalue weighted by molar-refractivity contribution is -0.132. The molecule has 3 aromatic rings. The Morgan fingerprint density at radius 3 is 2.40 bits per heavy atom. The van der Waals surface area contributed by atoms with Crippen LogP contribution < -0.4 is 19.6 Å². The predicted octanol–water partition coefficient (Wildman–Crippen LogP) is 3.90. The Balaban J connectivity index is 1.54. The summed E-state index contributed by atoms with van der Waals surface area (Å²) in [6.07, 6.45) is 2.07. The third-order valence-electron chi connectivity index (χ3n) is 5.09. The van der Waals surface area contributed by atoms with Crippen LogP contribution in [-0.4, -0.2) is 37.6 Å². The molecule has 1 saturated heterocycles. The van der Waals surface area contributed by atoms with Crippen LogP contribution in [0.15, 0.2) is 51.7 Å². The van der Waals surface area contributed by atoms with Gasteiger partial charge in [0.25, 0.3) is 5.91 Å². The Kier molecular flexibility index (Phi) is 5.61. The standard InChI is InChI=1S/C23H23NO6/c1-15-23(30-17-7-5-16(27-2)6-8-17)22(26)19-10-9-18(13-20(19)29-15)28-14-21(25)24-11-3-4-12-24/h5-10,13H,3-4,11-12,14H2,1-2H3. The number of aryl methyl sites for hydroxylation is 1. The molecular weight excluding hydrogens is 386 g/mol. The number of methoxy groups -OCH3 is 1. The van der Waals surface area contributed by atoms with E-state index in [0.29, 0.717) is 34.0 Å². The third-order valence-corrected chi connectivity index (χ3v) is 5.09. The van der Waals surface area contributed by atoms with Crippen molar-refractivity contribution in [1.82, 2.24) is 4.90 Å². The largest absolute Gasteiger partial charge is 0.497 e. The first-order chi connectivity index (χ1) is 14.5. The third kappa shape index (κ3) is 4.10.